The van der Waals surface area contributed by atoms with Crippen LogP contribution >= 0.6 is 27.3 Å². The SMILES string of the molecule is Cc1cc(C=CCNC(=O)OCC2c3ccccc3-c3ccccc32)sc1Br. The van der Waals surface area contributed by atoms with Crippen molar-refractivity contribution in [3.05, 3.63) is 86.0 Å². The van der Waals surface area contributed by atoms with E-state index in [2.05, 4.69) is 58.5 Å². The van der Waals surface area contributed by atoms with Crippen LogP contribution < -0.4 is 5.32 Å². The van der Waals surface area contributed by atoms with Crippen LogP contribution in [0.3, 0.4) is 0 Å². The van der Waals surface area contributed by atoms with E-state index >= 15 is 0 Å². The minimum Gasteiger partial charge on any atom is -0.449 e. The maximum absolute atomic E-state index is 12.1. The number of carbonyl (C=O) groups excluding carboxylic acids is 1. The van der Waals surface area contributed by atoms with Crippen molar-refractivity contribution in [3.8, 4) is 11.1 Å². The van der Waals surface area contributed by atoms with Crippen LogP contribution in [0.4, 0.5) is 4.79 Å². The molecule has 1 aliphatic rings. The van der Waals surface area contributed by atoms with Crippen molar-refractivity contribution < 1.29 is 9.53 Å². The zero-order valence-corrected chi connectivity index (χ0v) is 17.8. The Hall–Kier alpha value is -2.37. The number of thiophene rings is 1. The molecular formula is C23H20BrNO2S. The minimum atomic E-state index is -0.393. The number of nitrogens with one attached hydrogen (secondary N) is 1. The number of amides is 1. The molecule has 0 radical (unpaired) electrons. The Kier molecular flexibility index (Phi) is 5.64. The van der Waals surface area contributed by atoms with Crippen molar-refractivity contribution in [3.63, 3.8) is 0 Å². The molecule has 1 aromatic heterocycles. The van der Waals surface area contributed by atoms with E-state index in [4.69, 9.17) is 4.74 Å². The summed E-state index contributed by atoms with van der Waals surface area (Å²) >= 11 is 5.19. The van der Waals surface area contributed by atoms with Crippen LogP contribution in [0.2, 0.25) is 0 Å². The number of fused-ring (bicyclic) bond motifs is 3. The summed E-state index contributed by atoms with van der Waals surface area (Å²) in [5.41, 5.74) is 6.11. The van der Waals surface area contributed by atoms with Crippen LogP contribution in [0.15, 0.2) is 64.5 Å². The lowest BCUT2D eigenvalue weighted by Gasteiger charge is -2.14. The molecule has 0 saturated heterocycles. The fourth-order valence-corrected chi connectivity index (χ4v) is 5.03. The summed E-state index contributed by atoms with van der Waals surface area (Å²) in [6.07, 6.45) is 3.54. The molecule has 0 bridgehead atoms. The molecule has 0 atom stereocenters. The molecule has 0 aliphatic heterocycles. The Bertz CT molecular complexity index is 976. The Morgan fingerprint density at radius 3 is 2.39 bits per heavy atom. The summed E-state index contributed by atoms with van der Waals surface area (Å²) in [5.74, 6) is 0.0835. The van der Waals surface area contributed by atoms with Gasteiger partial charge in [-0.15, -0.1) is 11.3 Å². The van der Waals surface area contributed by atoms with E-state index in [0.717, 1.165) is 8.66 Å². The van der Waals surface area contributed by atoms with Gasteiger partial charge >= 0.3 is 6.09 Å². The molecule has 1 amide bonds. The number of aryl methyl sites for hydroxylation is 1. The second-order valence-corrected chi connectivity index (χ2v) is 9.12. The number of benzene rings is 2. The highest BCUT2D eigenvalue weighted by Crippen LogP contribution is 2.44. The summed E-state index contributed by atoms with van der Waals surface area (Å²) < 4.78 is 6.66. The fourth-order valence-electron chi connectivity index (χ4n) is 3.53. The first-order chi connectivity index (χ1) is 13.6. The fraction of sp³-hybridized carbons (Fsp3) is 0.174. The van der Waals surface area contributed by atoms with E-state index < -0.39 is 6.09 Å². The monoisotopic (exact) mass is 453 g/mol. The maximum Gasteiger partial charge on any atom is 0.407 e. The van der Waals surface area contributed by atoms with Gasteiger partial charge in [0.15, 0.2) is 0 Å². The molecule has 1 heterocycles. The normalized spacial score (nSPS) is 12.8. The first-order valence-electron chi connectivity index (χ1n) is 9.15. The second kappa shape index (κ2) is 8.33. The lowest BCUT2D eigenvalue weighted by Crippen LogP contribution is -2.26. The second-order valence-electron chi connectivity index (χ2n) is 6.71. The van der Waals surface area contributed by atoms with Gasteiger partial charge in [0.05, 0.1) is 3.79 Å². The molecule has 0 fully saturated rings. The standard InChI is InChI=1S/C23H20BrNO2S/c1-15-13-16(28-22(15)24)7-6-12-25-23(26)27-14-21-19-10-4-2-8-17(19)18-9-3-5-11-20(18)21/h2-11,13,21H,12,14H2,1H3,(H,25,26). The van der Waals surface area contributed by atoms with Gasteiger partial charge in [0.25, 0.3) is 0 Å². The predicted molar refractivity (Wildman–Crippen MR) is 119 cm³/mol. The van der Waals surface area contributed by atoms with Crippen LogP contribution in [0.5, 0.6) is 0 Å². The predicted octanol–water partition coefficient (Wildman–Crippen LogP) is 6.37. The molecule has 3 aromatic rings. The zero-order chi connectivity index (χ0) is 19.5. The highest BCUT2D eigenvalue weighted by atomic mass is 79.9. The van der Waals surface area contributed by atoms with Crippen molar-refractivity contribution >= 4 is 39.4 Å². The number of rotatable bonds is 5. The van der Waals surface area contributed by atoms with Gasteiger partial charge in [-0.3, -0.25) is 0 Å². The third-order valence-corrected chi connectivity index (χ3v) is 6.97. The molecule has 0 spiro atoms. The van der Waals surface area contributed by atoms with Crippen molar-refractivity contribution in [1.29, 1.82) is 0 Å². The molecule has 2 aromatic carbocycles. The average Bonchev–Trinajstić information content (AvgIpc) is 3.20. The highest BCUT2D eigenvalue weighted by Gasteiger charge is 2.28. The zero-order valence-electron chi connectivity index (χ0n) is 15.4. The average molecular weight is 454 g/mol. The van der Waals surface area contributed by atoms with Gasteiger partial charge in [-0.05, 0) is 62.8 Å². The van der Waals surface area contributed by atoms with E-state index in [9.17, 15) is 4.79 Å². The first-order valence-corrected chi connectivity index (χ1v) is 10.8. The number of ether oxygens (including phenoxy) is 1. The van der Waals surface area contributed by atoms with Gasteiger partial charge in [-0.25, -0.2) is 4.79 Å². The number of hydrogen-bond acceptors (Lipinski definition) is 3. The molecule has 0 saturated carbocycles. The van der Waals surface area contributed by atoms with Crippen LogP contribution in [0.1, 0.15) is 27.5 Å². The van der Waals surface area contributed by atoms with Gasteiger partial charge in [0.1, 0.15) is 6.61 Å². The summed E-state index contributed by atoms with van der Waals surface area (Å²) in [6, 6.07) is 18.8. The van der Waals surface area contributed by atoms with Crippen molar-refractivity contribution in [2.24, 2.45) is 0 Å². The first kappa shape index (κ1) is 19.0. The molecule has 4 rings (SSSR count). The van der Waals surface area contributed by atoms with Crippen LogP contribution in [0.25, 0.3) is 17.2 Å². The van der Waals surface area contributed by atoms with E-state index in [0.29, 0.717) is 13.2 Å². The quantitative estimate of drug-likeness (QED) is 0.487. The summed E-state index contributed by atoms with van der Waals surface area (Å²) in [4.78, 5) is 13.3. The van der Waals surface area contributed by atoms with E-state index in [-0.39, 0.29) is 5.92 Å². The lowest BCUT2D eigenvalue weighted by atomic mass is 9.98. The molecule has 28 heavy (non-hydrogen) atoms. The van der Waals surface area contributed by atoms with Crippen molar-refractivity contribution in [2.45, 2.75) is 12.8 Å². The lowest BCUT2D eigenvalue weighted by molar-refractivity contribution is 0.144. The van der Waals surface area contributed by atoms with Gasteiger partial charge in [-0.2, -0.15) is 0 Å². The van der Waals surface area contributed by atoms with Gasteiger partial charge in [-0.1, -0.05) is 54.6 Å². The molecule has 5 heteroatoms. The smallest absolute Gasteiger partial charge is 0.407 e. The summed E-state index contributed by atoms with van der Waals surface area (Å²) in [6.45, 7) is 2.83. The third kappa shape index (κ3) is 3.91. The Morgan fingerprint density at radius 1 is 1.14 bits per heavy atom. The minimum absolute atomic E-state index is 0.0835. The van der Waals surface area contributed by atoms with E-state index in [1.807, 2.05) is 36.4 Å². The molecule has 0 unspecified atom stereocenters. The van der Waals surface area contributed by atoms with E-state index in [1.54, 1.807) is 11.3 Å². The largest absolute Gasteiger partial charge is 0.449 e. The molecule has 1 aliphatic carbocycles. The van der Waals surface area contributed by atoms with Crippen molar-refractivity contribution in [2.75, 3.05) is 13.2 Å². The van der Waals surface area contributed by atoms with Gasteiger partial charge < -0.3 is 10.1 Å². The third-order valence-electron chi connectivity index (χ3n) is 4.87. The Morgan fingerprint density at radius 2 is 1.79 bits per heavy atom. The molecule has 1 N–H and O–H groups in total. The van der Waals surface area contributed by atoms with Crippen LogP contribution in [0, 0.1) is 6.92 Å². The number of alkyl carbamates (subject to hydrolysis) is 1. The topological polar surface area (TPSA) is 38.3 Å². The number of hydrogen-bond donors (Lipinski definition) is 1. The van der Waals surface area contributed by atoms with Crippen LogP contribution in [-0.2, 0) is 4.74 Å². The van der Waals surface area contributed by atoms with Gasteiger partial charge in [0.2, 0.25) is 0 Å². The molecule has 3 nitrogen and oxygen atoms in total. The molecule has 142 valence electrons. The number of halogens is 1. The Balaban J connectivity index is 1.34. The molecular weight excluding hydrogens is 434 g/mol. The summed E-state index contributed by atoms with van der Waals surface area (Å²) in [5, 5.41) is 2.79. The van der Waals surface area contributed by atoms with E-state index in [1.165, 1.54) is 27.8 Å². The highest BCUT2D eigenvalue weighted by molar-refractivity contribution is 9.11. The van der Waals surface area contributed by atoms with Crippen molar-refractivity contribution in [1.82, 2.24) is 5.32 Å². The number of carbonyl (C=O) groups is 1. The Labute approximate surface area is 177 Å². The van der Waals surface area contributed by atoms with Crippen LogP contribution in [-0.4, -0.2) is 19.2 Å². The maximum atomic E-state index is 12.1. The van der Waals surface area contributed by atoms with Gasteiger partial charge in [0, 0.05) is 17.3 Å². The summed E-state index contributed by atoms with van der Waals surface area (Å²) in [7, 11) is 0.